The number of hydrogen-bond donors (Lipinski definition) is 2. The van der Waals surface area contributed by atoms with Gasteiger partial charge in [0, 0.05) is 17.9 Å². The van der Waals surface area contributed by atoms with E-state index in [9.17, 15) is 9.59 Å². The van der Waals surface area contributed by atoms with Crippen LogP contribution in [0, 0.1) is 5.41 Å². The first-order valence-corrected chi connectivity index (χ1v) is 6.21. The van der Waals surface area contributed by atoms with Crippen LogP contribution >= 0.6 is 11.8 Å². The largest absolute Gasteiger partial charge is 0.369 e. The number of amides is 2. The number of primary amides is 2. The molecule has 0 fully saturated rings. The first-order valence-electron chi connectivity index (χ1n) is 5.23. The second-order valence-corrected chi connectivity index (χ2v) is 5.02. The van der Waals surface area contributed by atoms with Crippen molar-refractivity contribution in [1.29, 1.82) is 0 Å². The van der Waals surface area contributed by atoms with Crippen molar-refractivity contribution in [1.82, 2.24) is 0 Å². The molecule has 0 spiro atoms. The zero-order chi connectivity index (χ0) is 12.5. The Morgan fingerprint density at radius 3 is 2.59 bits per heavy atom. The molecule has 1 heterocycles. The van der Waals surface area contributed by atoms with Gasteiger partial charge in [0.25, 0.3) is 0 Å². The predicted octanol–water partition coefficient (Wildman–Crippen LogP) is -0.0250. The Hall–Kier alpha value is -1.56. The number of nitrogens with two attached hydrogens (primary N) is 2. The van der Waals surface area contributed by atoms with Gasteiger partial charge in [-0.25, -0.2) is 0 Å². The van der Waals surface area contributed by atoms with E-state index in [1.54, 1.807) is 18.2 Å². The van der Waals surface area contributed by atoms with Gasteiger partial charge in [0.05, 0.1) is 5.04 Å². The highest BCUT2D eigenvalue weighted by atomic mass is 32.2. The van der Waals surface area contributed by atoms with Gasteiger partial charge in [-0.2, -0.15) is 0 Å². The smallest absolute Gasteiger partial charge is 0.248 e. The van der Waals surface area contributed by atoms with Crippen molar-refractivity contribution in [2.45, 2.75) is 6.42 Å². The summed E-state index contributed by atoms with van der Waals surface area (Å²) in [5.74, 6) is -0.0769. The molecular formula is C11H13N3O2S. The van der Waals surface area contributed by atoms with E-state index >= 15 is 0 Å². The molecule has 90 valence electrons. The minimum absolute atomic E-state index is 0.350. The van der Waals surface area contributed by atoms with Crippen LogP contribution in [0.4, 0.5) is 0 Å². The van der Waals surface area contributed by atoms with Crippen molar-refractivity contribution >= 4 is 28.6 Å². The number of aliphatic imine (C=N–C) groups is 1. The molecule has 0 aromatic carbocycles. The van der Waals surface area contributed by atoms with E-state index in [2.05, 4.69) is 4.99 Å². The van der Waals surface area contributed by atoms with Gasteiger partial charge in [-0.3, -0.25) is 14.6 Å². The fourth-order valence-electron chi connectivity index (χ4n) is 1.87. The highest BCUT2D eigenvalue weighted by molar-refractivity contribution is 8.14. The molecule has 2 aliphatic rings. The standard InChI is InChI=1S/C11H13N3O2S/c12-8(15)7-1-3-11(4-2-7,9(13)16)10-14-5-6-17-10/h1-3H,4-6H2,(H2,12,15)(H2,13,16). The van der Waals surface area contributed by atoms with Crippen molar-refractivity contribution in [3.05, 3.63) is 23.8 Å². The summed E-state index contributed by atoms with van der Waals surface area (Å²) in [6.45, 7) is 0.704. The summed E-state index contributed by atoms with van der Waals surface area (Å²) in [7, 11) is 0. The van der Waals surface area contributed by atoms with Gasteiger partial charge in [0.15, 0.2) is 0 Å². The van der Waals surface area contributed by atoms with E-state index < -0.39 is 17.2 Å². The summed E-state index contributed by atoms with van der Waals surface area (Å²) >= 11 is 1.54. The van der Waals surface area contributed by atoms with Crippen LogP contribution in [0.5, 0.6) is 0 Å². The van der Waals surface area contributed by atoms with Gasteiger partial charge in [-0.15, -0.1) is 11.8 Å². The van der Waals surface area contributed by atoms with Crippen molar-refractivity contribution in [2.75, 3.05) is 12.3 Å². The van der Waals surface area contributed by atoms with Crippen LogP contribution in [0.3, 0.4) is 0 Å². The molecule has 4 N–H and O–H groups in total. The lowest BCUT2D eigenvalue weighted by Gasteiger charge is -2.28. The summed E-state index contributed by atoms with van der Waals surface area (Å²) in [6.07, 6.45) is 5.20. The van der Waals surface area contributed by atoms with Crippen LogP contribution in [0.25, 0.3) is 0 Å². The summed E-state index contributed by atoms with van der Waals surface area (Å²) in [5, 5.41) is 0.737. The van der Waals surface area contributed by atoms with Gasteiger partial charge in [0.2, 0.25) is 11.8 Å². The molecule has 0 saturated heterocycles. The van der Waals surface area contributed by atoms with Gasteiger partial charge >= 0.3 is 0 Å². The number of thioether (sulfide) groups is 1. The third-order valence-corrected chi connectivity index (χ3v) is 4.04. The van der Waals surface area contributed by atoms with E-state index in [-0.39, 0.29) is 0 Å². The van der Waals surface area contributed by atoms with Gasteiger partial charge in [-0.05, 0) is 6.42 Å². The number of carbonyl (C=O) groups excluding carboxylic acids is 2. The van der Waals surface area contributed by atoms with Crippen molar-refractivity contribution in [3.8, 4) is 0 Å². The molecule has 0 saturated carbocycles. The highest BCUT2D eigenvalue weighted by Crippen LogP contribution is 2.37. The first-order chi connectivity index (χ1) is 8.06. The van der Waals surface area contributed by atoms with Crippen molar-refractivity contribution < 1.29 is 9.59 Å². The fourth-order valence-corrected chi connectivity index (χ4v) is 2.94. The fraction of sp³-hybridized carbons (Fsp3) is 0.364. The molecule has 0 aromatic heterocycles. The third-order valence-electron chi connectivity index (χ3n) is 2.88. The van der Waals surface area contributed by atoms with Gasteiger partial charge in [0.1, 0.15) is 5.41 Å². The maximum Gasteiger partial charge on any atom is 0.248 e. The van der Waals surface area contributed by atoms with Crippen LogP contribution in [0.15, 0.2) is 28.8 Å². The Morgan fingerprint density at radius 2 is 2.18 bits per heavy atom. The van der Waals surface area contributed by atoms with Gasteiger partial charge < -0.3 is 11.5 Å². The Morgan fingerprint density at radius 1 is 1.41 bits per heavy atom. The quantitative estimate of drug-likeness (QED) is 0.737. The molecule has 1 aliphatic heterocycles. The molecule has 0 radical (unpaired) electrons. The number of rotatable bonds is 3. The lowest BCUT2D eigenvalue weighted by molar-refractivity contribution is -0.122. The lowest BCUT2D eigenvalue weighted by Crippen LogP contribution is -2.41. The van der Waals surface area contributed by atoms with Crippen LogP contribution < -0.4 is 11.5 Å². The summed E-state index contributed by atoms with van der Waals surface area (Å²) in [5.41, 5.74) is 10.2. The van der Waals surface area contributed by atoms with Crippen LogP contribution in [0.1, 0.15) is 6.42 Å². The Labute approximate surface area is 103 Å². The van der Waals surface area contributed by atoms with E-state index in [4.69, 9.17) is 11.5 Å². The summed E-state index contributed by atoms with van der Waals surface area (Å²) in [6, 6.07) is 0. The van der Waals surface area contributed by atoms with Crippen molar-refractivity contribution in [2.24, 2.45) is 21.9 Å². The van der Waals surface area contributed by atoms with Crippen LogP contribution in [-0.4, -0.2) is 29.2 Å². The Bertz CT molecular complexity index is 467. The van der Waals surface area contributed by atoms with E-state index in [0.717, 1.165) is 10.8 Å². The Balaban J connectivity index is 2.32. The van der Waals surface area contributed by atoms with Crippen LogP contribution in [-0.2, 0) is 9.59 Å². The van der Waals surface area contributed by atoms with E-state index in [1.807, 2.05) is 0 Å². The maximum atomic E-state index is 11.7. The molecule has 0 aromatic rings. The van der Waals surface area contributed by atoms with Crippen molar-refractivity contribution in [3.63, 3.8) is 0 Å². The Kier molecular flexibility index (Phi) is 3.06. The molecule has 2 rings (SSSR count). The predicted molar refractivity (Wildman–Crippen MR) is 67.4 cm³/mol. The number of nitrogens with zero attached hydrogens (tertiary/aromatic N) is 1. The second kappa shape index (κ2) is 4.37. The third kappa shape index (κ3) is 2.00. The lowest BCUT2D eigenvalue weighted by atomic mass is 9.80. The first kappa shape index (κ1) is 11.9. The maximum absolute atomic E-state index is 11.7. The number of allylic oxidation sites excluding steroid dienone is 1. The second-order valence-electron chi connectivity index (χ2n) is 3.93. The zero-order valence-corrected chi connectivity index (χ0v) is 10.00. The molecule has 1 unspecified atom stereocenters. The average molecular weight is 251 g/mol. The SMILES string of the molecule is NC(=O)C1=CCC(C(N)=O)(C2=NCCS2)C=C1. The summed E-state index contributed by atoms with van der Waals surface area (Å²) < 4.78 is 0. The molecule has 6 heteroatoms. The monoisotopic (exact) mass is 251 g/mol. The normalized spacial score (nSPS) is 27.5. The molecule has 17 heavy (non-hydrogen) atoms. The molecule has 2 amide bonds. The molecular weight excluding hydrogens is 238 g/mol. The van der Waals surface area contributed by atoms with E-state index in [0.29, 0.717) is 18.5 Å². The highest BCUT2D eigenvalue weighted by Gasteiger charge is 2.41. The molecule has 1 atom stereocenters. The number of hydrogen-bond acceptors (Lipinski definition) is 4. The zero-order valence-electron chi connectivity index (χ0n) is 9.18. The van der Waals surface area contributed by atoms with Gasteiger partial charge in [-0.1, -0.05) is 18.2 Å². The molecule has 1 aliphatic carbocycles. The minimum Gasteiger partial charge on any atom is -0.369 e. The molecule has 0 bridgehead atoms. The molecule has 5 nitrogen and oxygen atoms in total. The average Bonchev–Trinajstić information content (AvgIpc) is 2.82. The number of carbonyl (C=O) groups is 2. The topological polar surface area (TPSA) is 98.5 Å². The summed E-state index contributed by atoms with van der Waals surface area (Å²) in [4.78, 5) is 27.0. The minimum atomic E-state index is -0.889. The van der Waals surface area contributed by atoms with Crippen LogP contribution in [0.2, 0.25) is 0 Å². The van der Waals surface area contributed by atoms with E-state index in [1.165, 1.54) is 11.8 Å².